The van der Waals surface area contributed by atoms with E-state index in [9.17, 15) is 4.79 Å². The summed E-state index contributed by atoms with van der Waals surface area (Å²) in [5.41, 5.74) is 2.26. The Morgan fingerprint density at radius 2 is 2.18 bits per heavy atom. The van der Waals surface area contributed by atoms with Gasteiger partial charge in [0.15, 0.2) is 0 Å². The molecular formula is C16H16N4O2. The lowest BCUT2D eigenvalue weighted by atomic mass is 10.1. The number of amides is 1. The van der Waals surface area contributed by atoms with Gasteiger partial charge in [0.1, 0.15) is 5.75 Å². The first kappa shape index (κ1) is 14.1. The van der Waals surface area contributed by atoms with Crippen LogP contribution in [-0.4, -0.2) is 27.8 Å². The molecule has 1 amide bonds. The van der Waals surface area contributed by atoms with Crippen molar-refractivity contribution in [3.63, 3.8) is 0 Å². The average Bonchev–Trinajstić information content (AvgIpc) is 2.96. The Kier molecular flexibility index (Phi) is 3.74. The van der Waals surface area contributed by atoms with Gasteiger partial charge in [0.25, 0.3) is 5.91 Å². The second-order valence-corrected chi connectivity index (χ2v) is 4.91. The molecule has 0 aliphatic heterocycles. The number of carbonyl (C=O) groups is 1. The van der Waals surface area contributed by atoms with Gasteiger partial charge in [-0.2, -0.15) is 5.10 Å². The summed E-state index contributed by atoms with van der Waals surface area (Å²) < 4.78 is 6.89. The number of hydrogen-bond donors (Lipinski definition) is 1. The maximum Gasteiger partial charge on any atom is 0.253 e. The predicted octanol–water partition coefficient (Wildman–Crippen LogP) is 1.91. The summed E-state index contributed by atoms with van der Waals surface area (Å²) in [6.07, 6.45) is 3.27. The molecule has 0 spiro atoms. The van der Waals surface area contributed by atoms with Gasteiger partial charge < -0.3 is 10.1 Å². The maximum absolute atomic E-state index is 12.2. The highest BCUT2D eigenvalue weighted by Gasteiger charge is 2.08. The number of ether oxygens (including phenoxy) is 1. The molecule has 1 N–H and O–H groups in total. The van der Waals surface area contributed by atoms with Crippen LogP contribution in [0.3, 0.4) is 0 Å². The number of aryl methyl sites for hydroxylation is 1. The first-order chi connectivity index (χ1) is 10.7. The zero-order valence-electron chi connectivity index (χ0n) is 12.4. The molecule has 0 fully saturated rings. The molecule has 112 valence electrons. The van der Waals surface area contributed by atoms with Crippen LogP contribution in [0.4, 0.5) is 0 Å². The zero-order chi connectivity index (χ0) is 15.5. The molecule has 0 bridgehead atoms. The van der Waals surface area contributed by atoms with Crippen molar-refractivity contribution in [3.8, 4) is 5.75 Å². The number of aromatic nitrogens is 3. The molecule has 22 heavy (non-hydrogen) atoms. The van der Waals surface area contributed by atoms with E-state index in [2.05, 4.69) is 15.4 Å². The van der Waals surface area contributed by atoms with Crippen molar-refractivity contribution in [2.45, 2.75) is 6.54 Å². The third kappa shape index (κ3) is 2.76. The van der Waals surface area contributed by atoms with Crippen LogP contribution in [0.15, 0.2) is 42.7 Å². The van der Waals surface area contributed by atoms with E-state index in [1.54, 1.807) is 24.2 Å². The third-order valence-corrected chi connectivity index (χ3v) is 3.51. The van der Waals surface area contributed by atoms with Crippen molar-refractivity contribution >= 4 is 16.8 Å². The summed E-state index contributed by atoms with van der Waals surface area (Å²) in [7, 11) is 3.45. The Bertz CT molecular complexity index is 826. The van der Waals surface area contributed by atoms with Crippen LogP contribution in [-0.2, 0) is 13.6 Å². The highest BCUT2D eigenvalue weighted by molar-refractivity contribution is 5.97. The molecule has 2 heterocycles. The highest BCUT2D eigenvalue weighted by Crippen LogP contribution is 2.19. The summed E-state index contributed by atoms with van der Waals surface area (Å²) >= 11 is 0. The lowest BCUT2D eigenvalue weighted by Gasteiger charge is -2.07. The number of benzene rings is 1. The maximum atomic E-state index is 12.2. The van der Waals surface area contributed by atoms with Gasteiger partial charge >= 0.3 is 0 Å². The molecule has 2 aromatic heterocycles. The molecule has 3 rings (SSSR count). The fourth-order valence-corrected chi connectivity index (χ4v) is 2.20. The quantitative estimate of drug-likeness (QED) is 0.798. The number of methoxy groups -OCH3 is 1. The first-order valence-electron chi connectivity index (χ1n) is 6.86. The molecule has 0 radical (unpaired) electrons. The Labute approximate surface area is 127 Å². The molecule has 3 aromatic rings. The SMILES string of the molecule is COc1ccc2cc(C(=O)NCc3ccnn3C)cnc2c1. The number of carbonyl (C=O) groups excluding carboxylic acids is 1. The predicted molar refractivity (Wildman–Crippen MR) is 82.7 cm³/mol. The molecule has 0 saturated heterocycles. The van der Waals surface area contributed by atoms with E-state index >= 15 is 0 Å². The van der Waals surface area contributed by atoms with Crippen molar-refractivity contribution in [2.75, 3.05) is 7.11 Å². The van der Waals surface area contributed by atoms with Gasteiger partial charge in [-0.15, -0.1) is 0 Å². The smallest absolute Gasteiger partial charge is 0.253 e. The minimum absolute atomic E-state index is 0.161. The van der Waals surface area contributed by atoms with Gasteiger partial charge in [0.2, 0.25) is 0 Å². The van der Waals surface area contributed by atoms with Crippen molar-refractivity contribution in [1.82, 2.24) is 20.1 Å². The molecule has 0 atom stereocenters. The molecule has 0 aliphatic rings. The highest BCUT2D eigenvalue weighted by atomic mass is 16.5. The van der Waals surface area contributed by atoms with E-state index in [4.69, 9.17) is 4.74 Å². The zero-order valence-corrected chi connectivity index (χ0v) is 12.4. The summed E-state index contributed by atoms with van der Waals surface area (Å²) in [6.45, 7) is 0.427. The standard InChI is InChI=1S/C16H16N4O2/c1-20-13(5-6-19-20)10-18-16(21)12-7-11-3-4-14(22-2)8-15(11)17-9-12/h3-9H,10H2,1-2H3,(H,18,21). The Hall–Kier alpha value is -2.89. The number of rotatable bonds is 4. The molecular weight excluding hydrogens is 280 g/mol. The minimum atomic E-state index is -0.161. The summed E-state index contributed by atoms with van der Waals surface area (Å²) in [5, 5.41) is 7.83. The monoisotopic (exact) mass is 296 g/mol. The van der Waals surface area contributed by atoms with E-state index in [1.165, 1.54) is 0 Å². The Morgan fingerprint density at radius 1 is 1.32 bits per heavy atom. The fraction of sp³-hybridized carbons (Fsp3) is 0.188. The van der Waals surface area contributed by atoms with Crippen molar-refractivity contribution in [2.24, 2.45) is 7.05 Å². The van der Waals surface area contributed by atoms with Crippen LogP contribution in [0.5, 0.6) is 5.75 Å². The molecule has 6 nitrogen and oxygen atoms in total. The van der Waals surface area contributed by atoms with E-state index < -0.39 is 0 Å². The number of pyridine rings is 1. The average molecular weight is 296 g/mol. The molecule has 0 unspecified atom stereocenters. The molecule has 6 heteroatoms. The van der Waals surface area contributed by atoms with Crippen molar-refractivity contribution < 1.29 is 9.53 Å². The second kappa shape index (κ2) is 5.85. The van der Waals surface area contributed by atoms with Gasteiger partial charge in [-0.3, -0.25) is 14.5 Å². The summed E-state index contributed by atoms with van der Waals surface area (Å²) in [5.74, 6) is 0.583. The topological polar surface area (TPSA) is 69.0 Å². The van der Waals surface area contributed by atoms with Gasteiger partial charge in [-0.05, 0) is 24.3 Å². The Morgan fingerprint density at radius 3 is 2.91 bits per heavy atom. The second-order valence-electron chi connectivity index (χ2n) is 4.91. The summed E-state index contributed by atoms with van der Waals surface area (Å²) in [4.78, 5) is 16.5. The normalized spacial score (nSPS) is 10.6. The van der Waals surface area contributed by atoms with Crippen molar-refractivity contribution in [3.05, 3.63) is 54.0 Å². The van der Waals surface area contributed by atoms with Gasteiger partial charge in [0.05, 0.1) is 30.4 Å². The summed E-state index contributed by atoms with van der Waals surface area (Å²) in [6, 6.07) is 9.26. The molecule has 1 aromatic carbocycles. The lowest BCUT2D eigenvalue weighted by molar-refractivity contribution is 0.0950. The van der Waals surface area contributed by atoms with Crippen LogP contribution in [0.25, 0.3) is 10.9 Å². The first-order valence-corrected chi connectivity index (χ1v) is 6.86. The fourth-order valence-electron chi connectivity index (χ4n) is 2.20. The van der Waals surface area contributed by atoms with Crippen LogP contribution in [0, 0.1) is 0 Å². The van der Waals surface area contributed by atoms with Crippen LogP contribution in [0.2, 0.25) is 0 Å². The van der Waals surface area contributed by atoms with Crippen molar-refractivity contribution in [1.29, 1.82) is 0 Å². The third-order valence-electron chi connectivity index (χ3n) is 3.51. The van der Waals surface area contributed by atoms with Gasteiger partial charge in [-0.1, -0.05) is 0 Å². The lowest BCUT2D eigenvalue weighted by Crippen LogP contribution is -2.24. The number of nitrogens with zero attached hydrogens (tertiary/aromatic N) is 3. The molecule has 0 saturated carbocycles. The van der Waals surface area contributed by atoms with Gasteiger partial charge in [0, 0.05) is 30.9 Å². The number of fused-ring (bicyclic) bond motifs is 1. The largest absolute Gasteiger partial charge is 0.497 e. The minimum Gasteiger partial charge on any atom is -0.497 e. The number of nitrogens with one attached hydrogen (secondary N) is 1. The van der Waals surface area contributed by atoms with Gasteiger partial charge in [-0.25, -0.2) is 0 Å². The van der Waals surface area contributed by atoms with Crippen LogP contribution in [0.1, 0.15) is 16.1 Å². The van der Waals surface area contributed by atoms with E-state index in [0.29, 0.717) is 12.1 Å². The van der Waals surface area contributed by atoms with E-state index in [1.807, 2.05) is 37.4 Å². The van der Waals surface area contributed by atoms with Crippen LogP contribution >= 0.6 is 0 Å². The van der Waals surface area contributed by atoms with Crippen LogP contribution < -0.4 is 10.1 Å². The van der Waals surface area contributed by atoms with E-state index in [0.717, 1.165) is 22.3 Å². The number of hydrogen-bond acceptors (Lipinski definition) is 4. The van der Waals surface area contributed by atoms with E-state index in [-0.39, 0.29) is 5.91 Å². The molecule has 0 aliphatic carbocycles. The Balaban J connectivity index is 1.77.